The summed E-state index contributed by atoms with van der Waals surface area (Å²) in [6.45, 7) is 4.27. The number of fused-ring (bicyclic) bond motifs is 1. The zero-order valence-electron chi connectivity index (χ0n) is 11.9. The van der Waals surface area contributed by atoms with Gasteiger partial charge in [0.1, 0.15) is 6.10 Å². The van der Waals surface area contributed by atoms with Crippen molar-refractivity contribution in [3.05, 3.63) is 41.4 Å². The molecule has 0 amide bonds. The van der Waals surface area contributed by atoms with Gasteiger partial charge in [-0.2, -0.15) is 4.39 Å². The Kier molecular flexibility index (Phi) is 5.00. The van der Waals surface area contributed by atoms with Crippen LogP contribution in [-0.2, 0) is 4.74 Å². The molecular formula is C17H23FO. The van der Waals surface area contributed by atoms with Gasteiger partial charge >= 0.3 is 0 Å². The lowest BCUT2D eigenvalue weighted by Crippen LogP contribution is -2.12. The Morgan fingerprint density at radius 3 is 2.58 bits per heavy atom. The van der Waals surface area contributed by atoms with Crippen LogP contribution in [0.1, 0.15) is 69.6 Å². The first-order valence-electron chi connectivity index (χ1n) is 7.42. The van der Waals surface area contributed by atoms with Crippen LogP contribution >= 0.6 is 0 Å². The normalized spacial score (nSPS) is 18.2. The van der Waals surface area contributed by atoms with E-state index in [9.17, 15) is 4.39 Å². The average Bonchev–Trinajstić information content (AvgIpc) is 2.44. The van der Waals surface area contributed by atoms with Gasteiger partial charge in [0.25, 0.3) is 6.01 Å². The largest absolute Gasteiger partial charge is 0.462 e. The van der Waals surface area contributed by atoms with Crippen molar-refractivity contribution in [2.24, 2.45) is 0 Å². The van der Waals surface area contributed by atoms with Gasteiger partial charge in [-0.05, 0) is 31.2 Å². The van der Waals surface area contributed by atoms with E-state index in [1.54, 1.807) is 0 Å². The molecule has 2 rings (SSSR count). The minimum atomic E-state index is -0.353. The van der Waals surface area contributed by atoms with Gasteiger partial charge in [-0.1, -0.05) is 51.0 Å². The molecule has 1 unspecified atom stereocenters. The van der Waals surface area contributed by atoms with Gasteiger partial charge in [-0.3, -0.25) is 0 Å². The molecule has 0 fully saturated rings. The molecule has 0 saturated heterocycles. The van der Waals surface area contributed by atoms with E-state index in [0.29, 0.717) is 0 Å². The van der Waals surface area contributed by atoms with E-state index in [4.69, 9.17) is 4.74 Å². The highest BCUT2D eigenvalue weighted by Crippen LogP contribution is 2.41. The first-order chi connectivity index (χ1) is 9.27. The third kappa shape index (κ3) is 3.17. The van der Waals surface area contributed by atoms with E-state index >= 15 is 0 Å². The molecule has 0 N–H and O–H groups in total. The second-order valence-corrected chi connectivity index (χ2v) is 5.19. The van der Waals surface area contributed by atoms with Crippen LogP contribution in [0.5, 0.6) is 0 Å². The summed E-state index contributed by atoms with van der Waals surface area (Å²) in [5.74, 6) is 0. The van der Waals surface area contributed by atoms with E-state index in [1.807, 2.05) is 18.2 Å². The molecule has 0 aliphatic carbocycles. The summed E-state index contributed by atoms with van der Waals surface area (Å²) in [5, 5.41) is 0. The Bertz CT molecular complexity index is 450. The zero-order valence-corrected chi connectivity index (χ0v) is 11.9. The maximum atomic E-state index is 14.2. The first kappa shape index (κ1) is 14.1. The Hall–Kier alpha value is -1.31. The minimum Gasteiger partial charge on any atom is -0.462 e. The van der Waals surface area contributed by atoms with Crippen molar-refractivity contribution < 1.29 is 9.13 Å². The number of hydrogen-bond donors (Lipinski definition) is 0. The van der Waals surface area contributed by atoms with Gasteiger partial charge in [0.05, 0.1) is 0 Å². The van der Waals surface area contributed by atoms with Gasteiger partial charge < -0.3 is 4.74 Å². The summed E-state index contributed by atoms with van der Waals surface area (Å²) in [7, 11) is 0. The fourth-order valence-electron chi connectivity index (χ4n) is 2.61. The molecule has 1 heterocycles. The van der Waals surface area contributed by atoms with Gasteiger partial charge in [-0.15, -0.1) is 0 Å². The van der Waals surface area contributed by atoms with E-state index in [1.165, 1.54) is 0 Å². The monoisotopic (exact) mass is 262 g/mol. The lowest BCUT2D eigenvalue weighted by atomic mass is 9.90. The molecule has 0 radical (unpaired) electrons. The van der Waals surface area contributed by atoms with E-state index in [2.05, 4.69) is 19.9 Å². The second-order valence-electron chi connectivity index (χ2n) is 5.19. The molecule has 0 bridgehead atoms. The van der Waals surface area contributed by atoms with Crippen molar-refractivity contribution in [1.29, 1.82) is 0 Å². The van der Waals surface area contributed by atoms with Gasteiger partial charge in [0.2, 0.25) is 0 Å². The molecule has 1 atom stereocenters. The summed E-state index contributed by atoms with van der Waals surface area (Å²) >= 11 is 0. The summed E-state index contributed by atoms with van der Waals surface area (Å²) in [4.78, 5) is 0. The number of halogens is 1. The maximum absolute atomic E-state index is 14.2. The molecule has 1 aromatic carbocycles. The van der Waals surface area contributed by atoms with Crippen molar-refractivity contribution >= 4 is 5.57 Å². The van der Waals surface area contributed by atoms with E-state index in [0.717, 1.165) is 55.2 Å². The summed E-state index contributed by atoms with van der Waals surface area (Å²) in [5.41, 5.74) is 2.97. The molecule has 19 heavy (non-hydrogen) atoms. The van der Waals surface area contributed by atoms with Crippen molar-refractivity contribution in [3.8, 4) is 0 Å². The minimum absolute atomic E-state index is 0.110. The quantitative estimate of drug-likeness (QED) is 0.631. The SMILES string of the molecule is CCCCC1=C(F)OC(CCCC)c2ccccc21. The van der Waals surface area contributed by atoms with Crippen molar-refractivity contribution in [2.75, 3.05) is 0 Å². The van der Waals surface area contributed by atoms with Crippen molar-refractivity contribution in [3.63, 3.8) is 0 Å². The molecule has 1 nitrogen and oxygen atoms in total. The number of benzene rings is 1. The second kappa shape index (κ2) is 6.74. The number of hydrogen-bond acceptors (Lipinski definition) is 1. The topological polar surface area (TPSA) is 9.23 Å². The molecule has 0 aromatic heterocycles. The number of unbranched alkanes of at least 4 members (excludes halogenated alkanes) is 2. The highest BCUT2D eigenvalue weighted by atomic mass is 19.1. The number of rotatable bonds is 6. The van der Waals surface area contributed by atoms with Crippen molar-refractivity contribution in [2.45, 2.75) is 58.5 Å². The summed E-state index contributed by atoms with van der Waals surface area (Å²) < 4.78 is 19.7. The zero-order chi connectivity index (χ0) is 13.7. The maximum Gasteiger partial charge on any atom is 0.277 e. The average molecular weight is 262 g/mol. The molecular weight excluding hydrogens is 239 g/mol. The summed E-state index contributed by atoms with van der Waals surface area (Å²) in [6.07, 6.45) is 5.79. The van der Waals surface area contributed by atoms with E-state index < -0.39 is 0 Å². The lowest BCUT2D eigenvalue weighted by molar-refractivity contribution is 0.0571. The van der Waals surface area contributed by atoms with Crippen LogP contribution in [0.4, 0.5) is 4.39 Å². The van der Waals surface area contributed by atoms with Gasteiger partial charge in [-0.25, -0.2) is 0 Å². The Morgan fingerprint density at radius 1 is 1.11 bits per heavy atom. The lowest BCUT2D eigenvalue weighted by Gasteiger charge is -2.27. The standard InChI is InChI=1S/C17H23FO/c1-3-5-9-15-13-10-7-8-11-14(13)16(12-6-4-2)19-17(15)18/h7-8,10-11,16H,3-6,9,12H2,1-2H3. The smallest absolute Gasteiger partial charge is 0.277 e. The molecule has 1 aliphatic heterocycles. The summed E-state index contributed by atoms with van der Waals surface area (Å²) in [6, 6.07) is 7.76. The highest BCUT2D eigenvalue weighted by Gasteiger charge is 2.27. The molecule has 0 saturated carbocycles. The molecule has 1 aromatic rings. The number of ether oxygens (including phenoxy) is 1. The number of allylic oxidation sites excluding steroid dienone is 1. The Balaban J connectivity index is 2.28. The highest BCUT2D eigenvalue weighted by molar-refractivity contribution is 5.70. The van der Waals surface area contributed by atoms with Crippen LogP contribution in [0.2, 0.25) is 0 Å². The fraction of sp³-hybridized carbons (Fsp3) is 0.529. The van der Waals surface area contributed by atoms with Crippen LogP contribution in [-0.4, -0.2) is 0 Å². The van der Waals surface area contributed by atoms with Crippen molar-refractivity contribution in [1.82, 2.24) is 0 Å². The van der Waals surface area contributed by atoms with Gasteiger partial charge in [0.15, 0.2) is 0 Å². The first-order valence-corrected chi connectivity index (χ1v) is 7.42. The fourth-order valence-corrected chi connectivity index (χ4v) is 2.61. The Morgan fingerprint density at radius 2 is 1.84 bits per heavy atom. The third-order valence-electron chi connectivity index (χ3n) is 3.72. The molecule has 2 heteroatoms. The van der Waals surface area contributed by atoms with Crippen LogP contribution in [0.15, 0.2) is 30.3 Å². The molecule has 104 valence electrons. The molecule has 0 spiro atoms. The van der Waals surface area contributed by atoms with Crippen LogP contribution < -0.4 is 0 Å². The Labute approximate surface area is 115 Å². The molecule has 1 aliphatic rings. The van der Waals surface area contributed by atoms with Crippen LogP contribution in [0.3, 0.4) is 0 Å². The predicted molar refractivity (Wildman–Crippen MR) is 77.3 cm³/mol. The van der Waals surface area contributed by atoms with Crippen LogP contribution in [0, 0.1) is 0 Å². The van der Waals surface area contributed by atoms with Gasteiger partial charge in [0, 0.05) is 11.1 Å². The third-order valence-corrected chi connectivity index (χ3v) is 3.72. The van der Waals surface area contributed by atoms with E-state index in [-0.39, 0.29) is 12.1 Å². The predicted octanol–water partition coefficient (Wildman–Crippen LogP) is 5.78. The van der Waals surface area contributed by atoms with Crippen LogP contribution in [0.25, 0.3) is 5.57 Å².